The Kier molecular flexibility index (Phi) is 12.6. The number of hydrogen-bond donors (Lipinski definition) is 0. The molecule has 0 aromatic rings. The van der Waals surface area contributed by atoms with E-state index in [0.717, 1.165) is 19.0 Å². The Morgan fingerprint density at radius 1 is 1.33 bits per heavy atom. The van der Waals surface area contributed by atoms with Crippen LogP contribution < -0.4 is 0 Å². The summed E-state index contributed by atoms with van der Waals surface area (Å²) in [7, 11) is 0. The van der Waals surface area contributed by atoms with Crippen LogP contribution in [-0.4, -0.2) is 13.1 Å². The Morgan fingerprint density at radius 3 is 2.22 bits per heavy atom. The van der Waals surface area contributed by atoms with E-state index in [1.807, 2.05) is 0 Å². The van der Waals surface area contributed by atoms with Crippen molar-refractivity contribution in [1.29, 1.82) is 0 Å². The summed E-state index contributed by atoms with van der Waals surface area (Å²) < 4.78 is 0. The van der Waals surface area contributed by atoms with Crippen LogP contribution in [0, 0.1) is 5.92 Å². The van der Waals surface area contributed by atoms with Crippen molar-refractivity contribution >= 4 is 0 Å². The van der Waals surface area contributed by atoms with Crippen LogP contribution in [-0.2, 0) is 65.4 Å². The third kappa shape index (κ3) is 6.56. The number of nitrogens with zero attached hydrogens (tertiary/aromatic N) is 1. The predicted octanol–water partition coefficient (Wildman–Crippen LogP) is 1.79. The van der Waals surface area contributed by atoms with Gasteiger partial charge in [0.25, 0.3) is 0 Å². The molecule has 3 heteroatoms. The Balaban J connectivity index is 0. The van der Waals surface area contributed by atoms with Gasteiger partial charge in [-0.15, -0.1) is 13.1 Å². The molecule has 1 aliphatic heterocycles. The minimum atomic E-state index is 0. The summed E-state index contributed by atoms with van der Waals surface area (Å²) in [5.74, 6) is 0.869. The molecule has 2 radical (unpaired) electrons. The second kappa shape index (κ2) is 8.27. The average Bonchev–Trinajstić information content (AvgIpc) is 1.69. The summed E-state index contributed by atoms with van der Waals surface area (Å²) in [6.07, 6.45) is 2.71. The molecule has 1 heterocycles. The number of piperidine rings is 1. The summed E-state index contributed by atoms with van der Waals surface area (Å²) in [4.78, 5) is 0. The normalized spacial score (nSPS) is 25.7. The van der Waals surface area contributed by atoms with Crippen molar-refractivity contribution in [3.05, 3.63) is 5.32 Å². The van der Waals surface area contributed by atoms with Crippen molar-refractivity contribution in [2.75, 3.05) is 13.1 Å². The topological polar surface area (TPSA) is 14.1 Å². The van der Waals surface area contributed by atoms with E-state index in [9.17, 15) is 0 Å². The zero-order valence-corrected chi connectivity index (χ0v) is 11.7. The number of rotatable bonds is 0. The third-order valence-corrected chi connectivity index (χ3v) is 1.45. The first-order valence-electron chi connectivity index (χ1n) is 3.03. The zero-order valence-electron chi connectivity index (χ0n) is 6.01. The first-order chi connectivity index (χ1) is 3.39. The molecule has 1 aliphatic rings. The largest absolute Gasteiger partial charge is 0.662 e. The van der Waals surface area contributed by atoms with Crippen molar-refractivity contribution in [2.45, 2.75) is 19.8 Å². The van der Waals surface area contributed by atoms with Gasteiger partial charge in [-0.05, 0) is 0 Å². The fraction of sp³-hybridized carbons (Fsp3) is 1.00. The van der Waals surface area contributed by atoms with E-state index < -0.39 is 0 Å². The molecular weight excluding hydrogens is 264 g/mol. The summed E-state index contributed by atoms with van der Waals surface area (Å²) in [6, 6.07) is 0. The van der Waals surface area contributed by atoms with Gasteiger partial charge in [-0.2, -0.15) is 0 Å². The monoisotopic (exact) mass is 276 g/mol. The Bertz CT molecular complexity index is 53.0. The van der Waals surface area contributed by atoms with Crippen molar-refractivity contribution in [1.82, 2.24) is 0 Å². The molecule has 1 fully saturated rings. The molecule has 1 unspecified atom stereocenters. The summed E-state index contributed by atoms with van der Waals surface area (Å²) >= 11 is 0. The maximum Gasteiger partial charge on any atom is 0 e. The molecule has 0 saturated carbocycles. The molecule has 0 amide bonds. The van der Waals surface area contributed by atoms with Gasteiger partial charge in [-0.1, -0.05) is 25.7 Å². The third-order valence-electron chi connectivity index (χ3n) is 1.45. The standard InChI is InChI=1S/C6H12N.2Y/c1-6-3-2-4-7-5-6;;/h6H,2-5H2,1H3;;/q-1;;. The van der Waals surface area contributed by atoms with Crippen molar-refractivity contribution < 1.29 is 65.4 Å². The molecule has 1 rings (SSSR count). The fourth-order valence-corrected chi connectivity index (χ4v) is 0.955. The molecule has 9 heavy (non-hydrogen) atoms. The Labute approximate surface area is 108 Å². The average molecular weight is 276 g/mol. The van der Waals surface area contributed by atoms with Crippen LogP contribution in [0.2, 0.25) is 0 Å². The molecule has 0 aliphatic carbocycles. The van der Waals surface area contributed by atoms with Gasteiger partial charge in [0.1, 0.15) is 0 Å². The van der Waals surface area contributed by atoms with E-state index in [0.29, 0.717) is 0 Å². The van der Waals surface area contributed by atoms with Crippen LogP contribution in [0.3, 0.4) is 0 Å². The van der Waals surface area contributed by atoms with Crippen LogP contribution in [0.4, 0.5) is 0 Å². The van der Waals surface area contributed by atoms with Crippen molar-refractivity contribution in [2.24, 2.45) is 5.92 Å². The smallest absolute Gasteiger partial charge is 0 e. The first kappa shape index (κ1) is 13.7. The molecule has 1 saturated heterocycles. The van der Waals surface area contributed by atoms with Gasteiger partial charge < -0.3 is 5.32 Å². The zero-order chi connectivity index (χ0) is 5.11. The van der Waals surface area contributed by atoms with Crippen LogP contribution in [0.15, 0.2) is 0 Å². The number of hydrogen-bond acceptors (Lipinski definition) is 0. The molecule has 1 atom stereocenters. The SMILES string of the molecule is CC1CCC[N-]C1.[Y].[Y]. The predicted molar refractivity (Wildman–Crippen MR) is 31.5 cm³/mol. The van der Waals surface area contributed by atoms with Gasteiger partial charge in [-0.25, -0.2) is 0 Å². The molecule has 0 aromatic carbocycles. The molecule has 1 nitrogen and oxygen atoms in total. The van der Waals surface area contributed by atoms with Gasteiger partial charge in [0.05, 0.1) is 0 Å². The Hall–Kier alpha value is 2.17. The van der Waals surface area contributed by atoms with Gasteiger partial charge in [0.15, 0.2) is 0 Å². The molecule has 0 N–H and O–H groups in total. The quantitative estimate of drug-likeness (QED) is 0.640. The molecule has 0 bridgehead atoms. The maximum atomic E-state index is 4.26. The Morgan fingerprint density at radius 2 is 2.00 bits per heavy atom. The second-order valence-corrected chi connectivity index (χ2v) is 2.38. The molecule has 48 valence electrons. The van der Waals surface area contributed by atoms with E-state index in [4.69, 9.17) is 0 Å². The minimum Gasteiger partial charge on any atom is -0.662 e. The van der Waals surface area contributed by atoms with E-state index >= 15 is 0 Å². The van der Waals surface area contributed by atoms with E-state index in [1.165, 1.54) is 12.8 Å². The minimum absolute atomic E-state index is 0. The summed E-state index contributed by atoms with van der Waals surface area (Å²) in [5, 5.41) is 4.26. The van der Waals surface area contributed by atoms with Gasteiger partial charge in [-0.3, -0.25) is 0 Å². The van der Waals surface area contributed by atoms with E-state index in [2.05, 4.69) is 12.2 Å². The summed E-state index contributed by atoms with van der Waals surface area (Å²) in [6.45, 7) is 4.49. The molecule has 0 aromatic heterocycles. The van der Waals surface area contributed by atoms with E-state index in [-0.39, 0.29) is 65.4 Å². The molecule has 0 spiro atoms. The van der Waals surface area contributed by atoms with Crippen LogP contribution in [0.5, 0.6) is 0 Å². The fourth-order valence-electron chi connectivity index (χ4n) is 0.955. The van der Waals surface area contributed by atoms with Crippen LogP contribution in [0.25, 0.3) is 5.32 Å². The van der Waals surface area contributed by atoms with Gasteiger partial charge >= 0.3 is 0 Å². The maximum absolute atomic E-state index is 4.26. The van der Waals surface area contributed by atoms with Crippen molar-refractivity contribution in [3.63, 3.8) is 0 Å². The van der Waals surface area contributed by atoms with Gasteiger partial charge in [0, 0.05) is 65.4 Å². The summed E-state index contributed by atoms with van der Waals surface area (Å²) in [5.41, 5.74) is 0. The van der Waals surface area contributed by atoms with Crippen LogP contribution in [0.1, 0.15) is 19.8 Å². The van der Waals surface area contributed by atoms with Crippen molar-refractivity contribution in [3.8, 4) is 0 Å². The second-order valence-electron chi connectivity index (χ2n) is 2.38. The molecular formula is C6H12NY2-. The first-order valence-corrected chi connectivity index (χ1v) is 3.03. The van der Waals surface area contributed by atoms with E-state index in [1.54, 1.807) is 0 Å². The van der Waals surface area contributed by atoms with Gasteiger partial charge in [0.2, 0.25) is 0 Å². The van der Waals surface area contributed by atoms with Crippen LogP contribution >= 0.6 is 0 Å².